The molecule has 0 aliphatic rings. The summed E-state index contributed by atoms with van der Waals surface area (Å²) in [7, 11) is 3.04. The van der Waals surface area contributed by atoms with Crippen LogP contribution in [0.15, 0.2) is 12.1 Å². The maximum Gasteiger partial charge on any atom is 0.167 e. The van der Waals surface area contributed by atoms with Crippen molar-refractivity contribution in [2.24, 2.45) is 0 Å². The van der Waals surface area contributed by atoms with Crippen molar-refractivity contribution in [3.8, 4) is 5.75 Å². The van der Waals surface area contributed by atoms with E-state index in [-0.39, 0.29) is 17.6 Å². The summed E-state index contributed by atoms with van der Waals surface area (Å²) in [6, 6.07) is 3.61. The average Bonchev–Trinajstić information content (AvgIpc) is 2.50. The minimum atomic E-state index is -0.548. The molecule has 1 aromatic rings. The second-order valence-electron chi connectivity index (χ2n) is 6.91. The van der Waals surface area contributed by atoms with Gasteiger partial charge in [0.15, 0.2) is 12.1 Å². The Kier molecular flexibility index (Phi) is 7.23. The van der Waals surface area contributed by atoms with Crippen molar-refractivity contribution in [3.05, 3.63) is 28.8 Å². The molecule has 0 radical (unpaired) electrons. The maximum absolute atomic E-state index is 12.5. The summed E-state index contributed by atoms with van der Waals surface area (Å²) < 4.78 is 10.2. The van der Waals surface area contributed by atoms with E-state index in [1.807, 2.05) is 26.8 Å². The fraction of sp³-hybridized carbons (Fsp3) is 0.632. The molecule has 0 heterocycles. The zero-order valence-electron chi connectivity index (χ0n) is 15.2. The number of aryl methyl sites for hydroxylation is 1. The number of carbonyl (C=O) groups is 1. The van der Waals surface area contributed by atoms with Crippen LogP contribution in [0.4, 0.5) is 0 Å². The van der Waals surface area contributed by atoms with Gasteiger partial charge in [-0.3, -0.25) is 4.79 Å². The molecule has 4 heteroatoms. The molecule has 0 fully saturated rings. The van der Waals surface area contributed by atoms with E-state index in [1.165, 1.54) is 14.2 Å². The fourth-order valence-corrected chi connectivity index (χ4v) is 2.52. The van der Waals surface area contributed by atoms with Crippen LogP contribution >= 0.6 is 0 Å². The van der Waals surface area contributed by atoms with Gasteiger partial charge < -0.3 is 14.6 Å². The predicted molar refractivity (Wildman–Crippen MR) is 92.2 cm³/mol. The molecule has 0 spiro atoms. The molecule has 1 N–H and O–H groups in total. The van der Waals surface area contributed by atoms with Gasteiger partial charge in [-0.05, 0) is 36.0 Å². The smallest absolute Gasteiger partial charge is 0.167 e. The summed E-state index contributed by atoms with van der Waals surface area (Å²) in [5.74, 6) is 0.277. The van der Waals surface area contributed by atoms with Crippen molar-refractivity contribution < 1.29 is 19.4 Å². The second-order valence-corrected chi connectivity index (χ2v) is 6.91. The Balaban J connectivity index is 3.23. The first-order valence-corrected chi connectivity index (χ1v) is 8.19. The van der Waals surface area contributed by atoms with Crippen molar-refractivity contribution in [2.75, 3.05) is 14.2 Å². The van der Waals surface area contributed by atoms with Crippen molar-refractivity contribution in [1.29, 1.82) is 0 Å². The standard InChI is InChI=1S/C19H30O4/c1-7-8-9-13-10-14(16(20)12-17(22-5)23-6)11-15(18(13)21)19(2,3)4/h10-11,17,21H,7-9,12H2,1-6H3. The number of Topliss-reactive ketones (excluding diaryl/α,β-unsaturated/α-hetero) is 1. The monoisotopic (exact) mass is 322 g/mol. The normalized spacial score (nSPS) is 12.0. The third-order valence-corrected chi connectivity index (χ3v) is 4.00. The van der Waals surface area contributed by atoms with Crippen LogP contribution < -0.4 is 0 Å². The van der Waals surface area contributed by atoms with E-state index < -0.39 is 6.29 Å². The van der Waals surface area contributed by atoms with Gasteiger partial charge in [0, 0.05) is 25.3 Å². The largest absolute Gasteiger partial charge is 0.507 e. The summed E-state index contributed by atoms with van der Waals surface area (Å²) in [5.41, 5.74) is 2.02. The highest BCUT2D eigenvalue weighted by Gasteiger charge is 2.24. The molecule has 1 aromatic carbocycles. The molecule has 0 saturated carbocycles. The fourth-order valence-electron chi connectivity index (χ4n) is 2.52. The number of ketones is 1. The zero-order valence-corrected chi connectivity index (χ0v) is 15.2. The van der Waals surface area contributed by atoms with E-state index in [4.69, 9.17) is 9.47 Å². The number of carbonyl (C=O) groups excluding carboxylic acids is 1. The Morgan fingerprint density at radius 1 is 1.22 bits per heavy atom. The van der Waals surface area contributed by atoms with Crippen molar-refractivity contribution in [3.63, 3.8) is 0 Å². The van der Waals surface area contributed by atoms with Crippen LogP contribution in [0.5, 0.6) is 5.75 Å². The lowest BCUT2D eigenvalue weighted by Crippen LogP contribution is -2.19. The van der Waals surface area contributed by atoms with Crippen LogP contribution in [0.2, 0.25) is 0 Å². The third-order valence-electron chi connectivity index (χ3n) is 4.00. The first-order chi connectivity index (χ1) is 10.7. The van der Waals surface area contributed by atoms with Crippen LogP contribution in [-0.2, 0) is 21.3 Å². The van der Waals surface area contributed by atoms with Crippen LogP contribution in [-0.4, -0.2) is 31.4 Å². The molecule has 130 valence electrons. The van der Waals surface area contributed by atoms with Gasteiger partial charge in [-0.15, -0.1) is 0 Å². The Labute approximate surface area is 139 Å². The lowest BCUT2D eigenvalue weighted by molar-refractivity contribution is -0.0993. The molecular formula is C19H30O4. The maximum atomic E-state index is 12.5. The minimum Gasteiger partial charge on any atom is -0.507 e. The summed E-state index contributed by atoms with van der Waals surface area (Å²) in [6.07, 6.45) is 2.40. The Bertz CT molecular complexity index is 525. The lowest BCUT2D eigenvalue weighted by Gasteiger charge is -2.23. The lowest BCUT2D eigenvalue weighted by atomic mass is 9.82. The SMILES string of the molecule is CCCCc1cc(C(=O)CC(OC)OC)cc(C(C)(C)C)c1O. The van der Waals surface area contributed by atoms with Gasteiger partial charge in [0.05, 0.1) is 6.42 Å². The van der Waals surface area contributed by atoms with E-state index in [0.29, 0.717) is 11.3 Å². The predicted octanol–water partition coefficient (Wildman–Crippen LogP) is 4.22. The quantitative estimate of drug-likeness (QED) is 0.575. The number of hydrogen-bond acceptors (Lipinski definition) is 4. The van der Waals surface area contributed by atoms with Gasteiger partial charge in [0.1, 0.15) is 5.75 Å². The second kappa shape index (κ2) is 8.46. The number of hydrogen-bond donors (Lipinski definition) is 1. The van der Waals surface area contributed by atoms with Gasteiger partial charge in [-0.2, -0.15) is 0 Å². The molecule has 0 unspecified atom stereocenters. The summed E-state index contributed by atoms with van der Waals surface area (Å²) >= 11 is 0. The minimum absolute atomic E-state index is 0.0399. The number of phenolic OH excluding ortho intramolecular Hbond substituents is 1. The number of methoxy groups -OCH3 is 2. The first-order valence-electron chi connectivity index (χ1n) is 8.19. The van der Waals surface area contributed by atoms with E-state index in [9.17, 15) is 9.90 Å². The highest BCUT2D eigenvalue weighted by molar-refractivity contribution is 5.97. The Morgan fingerprint density at radius 3 is 2.30 bits per heavy atom. The van der Waals surface area contributed by atoms with Gasteiger partial charge in [-0.1, -0.05) is 34.1 Å². The molecule has 4 nitrogen and oxygen atoms in total. The van der Waals surface area contributed by atoms with E-state index >= 15 is 0 Å². The molecule has 23 heavy (non-hydrogen) atoms. The van der Waals surface area contributed by atoms with Crippen molar-refractivity contribution in [1.82, 2.24) is 0 Å². The Hall–Kier alpha value is -1.39. The van der Waals surface area contributed by atoms with E-state index in [0.717, 1.165) is 30.4 Å². The van der Waals surface area contributed by atoms with Crippen molar-refractivity contribution in [2.45, 2.75) is 65.1 Å². The molecule has 1 rings (SSSR count). The summed E-state index contributed by atoms with van der Waals surface area (Å²) in [6.45, 7) is 8.21. The molecule has 0 aliphatic heterocycles. The molecule has 0 aromatic heterocycles. The highest BCUT2D eigenvalue weighted by atomic mass is 16.7. The van der Waals surface area contributed by atoms with E-state index in [1.54, 1.807) is 6.07 Å². The van der Waals surface area contributed by atoms with Gasteiger partial charge in [-0.25, -0.2) is 0 Å². The van der Waals surface area contributed by atoms with Crippen LogP contribution in [0.25, 0.3) is 0 Å². The van der Waals surface area contributed by atoms with Crippen LogP contribution in [0.3, 0.4) is 0 Å². The average molecular weight is 322 g/mol. The van der Waals surface area contributed by atoms with Gasteiger partial charge in [0.2, 0.25) is 0 Å². The molecule has 0 amide bonds. The number of aromatic hydroxyl groups is 1. The first kappa shape index (κ1) is 19.7. The van der Waals surface area contributed by atoms with E-state index in [2.05, 4.69) is 6.92 Å². The number of rotatable bonds is 8. The summed E-state index contributed by atoms with van der Waals surface area (Å²) in [4.78, 5) is 12.5. The van der Waals surface area contributed by atoms with Crippen molar-refractivity contribution >= 4 is 5.78 Å². The summed E-state index contributed by atoms with van der Waals surface area (Å²) in [5, 5.41) is 10.6. The topological polar surface area (TPSA) is 55.8 Å². The van der Waals surface area contributed by atoms with Gasteiger partial charge >= 0.3 is 0 Å². The molecule has 0 bridgehead atoms. The third kappa shape index (κ3) is 5.33. The highest BCUT2D eigenvalue weighted by Crippen LogP contribution is 2.35. The van der Waals surface area contributed by atoms with Crippen LogP contribution in [0.1, 0.15) is 68.4 Å². The molecule has 0 atom stereocenters. The Morgan fingerprint density at radius 2 is 1.83 bits per heavy atom. The van der Waals surface area contributed by atoms with Crippen LogP contribution in [0, 0.1) is 0 Å². The number of phenols is 1. The molecule has 0 aliphatic carbocycles. The molecule has 0 saturated heterocycles. The number of benzene rings is 1. The molecular weight excluding hydrogens is 292 g/mol. The number of unbranched alkanes of at least 4 members (excludes halogenated alkanes) is 1. The number of ether oxygens (including phenoxy) is 2. The van der Waals surface area contributed by atoms with Gasteiger partial charge in [0.25, 0.3) is 0 Å². The zero-order chi connectivity index (χ0) is 17.6.